The maximum absolute atomic E-state index is 12.1. The first-order valence-electron chi connectivity index (χ1n) is 7.19. The smallest absolute Gasteiger partial charge is 0.236 e. The zero-order chi connectivity index (χ0) is 13.0. The fraction of sp³-hybridized carbons (Fsp3) is 0.929. The lowest BCUT2D eigenvalue weighted by Gasteiger charge is -2.29. The Morgan fingerprint density at radius 2 is 2.06 bits per heavy atom. The number of hydrogen-bond acceptors (Lipinski definition) is 3. The Balaban J connectivity index is 1.69. The molecule has 1 saturated heterocycles. The molecule has 18 heavy (non-hydrogen) atoms. The van der Waals surface area contributed by atoms with E-state index in [4.69, 9.17) is 4.74 Å². The molecule has 2 rings (SSSR count). The van der Waals surface area contributed by atoms with Crippen LogP contribution in [0.5, 0.6) is 0 Å². The molecule has 0 bridgehead atoms. The highest BCUT2D eigenvalue weighted by atomic mass is 16.5. The number of rotatable bonds is 4. The number of ether oxygens (including phenoxy) is 1. The van der Waals surface area contributed by atoms with Gasteiger partial charge in [-0.3, -0.25) is 9.69 Å². The summed E-state index contributed by atoms with van der Waals surface area (Å²) in [6, 6.07) is 0. The highest BCUT2D eigenvalue weighted by molar-refractivity contribution is 5.78. The van der Waals surface area contributed by atoms with Crippen molar-refractivity contribution in [2.24, 2.45) is 11.8 Å². The predicted octanol–water partition coefficient (Wildman–Crippen LogP) is 1.21. The zero-order valence-electron chi connectivity index (χ0n) is 11.7. The molecular weight excluding hydrogens is 228 g/mol. The molecule has 0 spiro atoms. The molecule has 1 aliphatic heterocycles. The maximum Gasteiger partial charge on any atom is 0.236 e. The molecule has 1 aliphatic carbocycles. The summed E-state index contributed by atoms with van der Waals surface area (Å²) in [7, 11) is 2.07. The molecule has 0 unspecified atom stereocenters. The molecule has 4 heteroatoms. The molecule has 2 fully saturated rings. The Hall–Kier alpha value is -0.610. The van der Waals surface area contributed by atoms with Crippen molar-refractivity contribution in [3.8, 4) is 0 Å². The van der Waals surface area contributed by atoms with Crippen molar-refractivity contribution in [3.05, 3.63) is 0 Å². The van der Waals surface area contributed by atoms with E-state index >= 15 is 0 Å². The van der Waals surface area contributed by atoms with Crippen LogP contribution in [0.15, 0.2) is 0 Å². The van der Waals surface area contributed by atoms with E-state index in [0.29, 0.717) is 19.8 Å². The third-order valence-electron chi connectivity index (χ3n) is 4.14. The lowest BCUT2D eigenvalue weighted by molar-refractivity contribution is -0.136. The summed E-state index contributed by atoms with van der Waals surface area (Å²) in [5.41, 5.74) is 0. The maximum atomic E-state index is 12.1. The van der Waals surface area contributed by atoms with Crippen molar-refractivity contribution in [2.75, 3.05) is 46.4 Å². The van der Waals surface area contributed by atoms with Crippen molar-refractivity contribution < 1.29 is 9.53 Å². The number of hydrogen-bond donors (Lipinski definition) is 0. The molecule has 2 atom stereocenters. The lowest BCUT2D eigenvalue weighted by Crippen LogP contribution is -2.45. The summed E-state index contributed by atoms with van der Waals surface area (Å²) in [5, 5.41) is 0. The summed E-state index contributed by atoms with van der Waals surface area (Å²) in [4.78, 5) is 16.2. The van der Waals surface area contributed by atoms with Crippen LogP contribution in [-0.2, 0) is 9.53 Å². The van der Waals surface area contributed by atoms with Gasteiger partial charge in [0, 0.05) is 19.6 Å². The molecule has 0 radical (unpaired) electrons. The Morgan fingerprint density at radius 1 is 1.33 bits per heavy atom. The molecule has 0 N–H and O–H groups in total. The van der Waals surface area contributed by atoms with Gasteiger partial charge in [-0.1, -0.05) is 13.3 Å². The minimum Gasteiger partial charge on any atom is -0.378 e. The molecule has 104 valence electrons. The molecule has 0 aromatic heterocycles. The van der Waals surface area contributed by atoms with Gasteiger partial charge in [-0.2, -0.15) is 0 Å². The molecule has 1 amide bonds. The van der Waals surface area contributed by atoms with E-state index < -0.39 is 0 Å². The van der Waals surface area contributed by atoms with E-state index in [2.05, 4.69) is 18.9 Å². The highest BCUT2D eigenvalue weighted by Crippen LogP contribution is 2.30. The predicted molar refractivity (Wildman–Crippen MR) is 71.4 cm³/mol. The molecule has 0 aromatic carbocycles. The van der Waals surface area contributed by atoms with Gasteiger partial charge >= 0.3 is 0 Å². The number of amides is 1. The SMILES string of the molecule is C[C@@H]1CC[C@H](CN(C)CC(=O)N2CCOCC2)C1. The van der Waals surface area contributed by atoms with Gasteiger partial charge < -0.3 is 9.64 Å². The Morgan fingerprint density at radius 3 is 2.67 bits per heavy atom. The summed E-state index contributed by atoms with van der Waals surface area (Å²) in [6.07, 6.45) is 4.02. The van der Waals surface area contributed by atoms with Crippen LogP contribution in [0.1, 0.15) is 26.2 Å². The molecule has 4 nitrogen and oxygen atoms in total. The van der Waals surface area contributed by atoms with Gasteiger partial charge in [-0.25, -0.2) is 0 Å². The normalized spacial score (nSPS) is 28.9. The topological polar surface area (TPSA) is 32.8 Å². The van der Waals surface area contributed by atoms with Crippen molar-refractivity contribution in [2.45, 2.75) is 26.2 Å². The first-order chi connectivity index (χ1) is 8.65. The summed E-state index contributed by atoms with van der Waals surface area (Å²) < 4.78 is 5.27. The zero-order valence-corrected chi connectivity index (χ0v) is 11.7. The average molecular weight is 254 g/mol. The van der Waals surface area contributed by atoms with Gasteiger partial charge in [-0.05, 0) is 31.7 Å². The minimum absolute atomic E-state index is 0.256. The van der Waals surface area contributed by atoms with Crippen LogP contribution in [0.3, 0.4) is 0 Å². The molecule has 1 saturated carbocycles. The van der Waals surface area contributed by atoms with Crippen LogP contribution in [-0.4, -0.2) is 62.1 Å². The minimum atomic E-state index is 0.256. The fourth-order valence-electron chi connectivity index (χ4n) is 3.14. The fourth-order valence-corrected chi connectivity index (χ4v) is 3.14. The van der Waals surface area contributed by atoms with Gasteiger partial charge in [0.2, 0.25) is 5.91 Å². The Kier molecular flexibility index (Phi) is 5.01. The van der Waals surface area contributed by atoms with Crippen molar-refractivity contribution in [1.29, 1.82) is 0 Å². The largest absolute Gasteiger partial charge is 0.378 e. The van der Waals surface area contributed by atoms with Crippen LogP contribution < -0.4 is 0 Å². The van der Waals surface area contributed by atoms with Crippen LogP contribution in [0.2, 0.25) is 0 Å². The Bertz CT molecular complexity index is 277. The molecule has 1 heterocycles. The van der Waals surface area contributed by atoms with E-state index in [1.165, 1.54) is 19.3 Å². The van der Waals surface area contributed by atoms with Gasteiger partial charge in [-0.15, -0.1) is 0 Å². The monoisotopic (exact) mass is 254 g/mol. The lowest BCUT2D eigenvalue weighted by atomic mass is 10.1. The van der Waals surface area contributed by atoms with Gasteiger partial charge in [0.1, 0.15) is 0 Å². The number of nitrogens with zero attached hydrogens (tertiary/aromatic N) is 2. The summed E-state index contributed by atoms with van der Waals surface area (Å²) in [6.45, 7) is 6.86. The first kappa shape index (κ1) is 13.8. The van der Waals surface area contributed by atoms with E-state index in [0.717, 1.165) is 31.5 Å². The van der Waals surface area contributed by atoms with Crippen molar-refractivity contribution in [1.82, 2.24) is 9.80 Å². The standard InChI is InChI=1S/C14H26N2O2/c1-12-3-4-13(9-12)10-15(2)11-14(17)16-5-7-18-8-6-16/h12-13H,3-11H2,1-2H3/t12-,13+/m1/s1. The van der Waals surface area contributed by atoms with E-state index in [-0.39, 0.29) is 5.91 Å². The highest BCUT2D eigenvalue weighted by Gasteiger charge is 2.24. The van der Waals surface area contributed by atoms with E-state index in [1.807, 2.05) is 4.90 Å². The average Bonchev–Trinajstić information content (AvgIpc) is 2.75. The third-order valence-corrected chi connectivity index (χ3v) is 4.14. The van der Waals surface area contributed by atoms with Gasteiger partial charge in [0.05, 0.1) is 19.8 Å². The van der Waals surface area contributed by atoms with Crippen LogP contribution in [0, 0.1) is 11.8 Å². The van der Waals surface area contributed by atoms with Gasteiger partial charge in [0.15, 0.2) is 0 Å². The quantitative estimate of drug-likeness (QED) is 0.756. The summed E-state index contributed by atoms with van der Waals surface area (Å²) >= 11 is 0. The van der Waals surface area contributed by atoms with Crippen molar-refractivity contribution >= 4 is 5.91 Å². The number of carbonyl (C=O) groups excluding carboxylic acids is 1. The number of likely N-dealkylation sites (N-methyl/N-ethyl adjacent to an activating group) is 1. The second-order valence-electron chi connectivity index (χ2n) is 5.97. The first-order valence-corrected chi connectivity index (χ1v) is 7.19. The molecular formula is C14H26N2O2. The van der Waals surface area contributed by atoms with Crippen LogP contribution in [0.25, 0.3) is 0 Å². The molecule has 0 aromatic rings. The Labute approximate surface area is 110 Å². The second kappa shape index (κ2) is 6.53. The third kappa shape index (κ3) is 3.95. The van der Waals surface area contributed by atoms with Crippen LogP contribution in [0.4, 0.5) is 0 Å². The van der Waals surface area contributed by atoms with Crippen molar-refractivity contribution in [3.63, 3.8) is 0 Å². The van der Waals surface area contributed by atoms with E-state index in [1.54, 1.807) is 0 Å². The van der Waals surface area contributed by atoms with Crippen LogP contribution >= 0.6 is 0 Å². The van der Waals surface area contributed by atoms with E-state index in [9.17, 15) is 4.79 Å². The number of morpholine rings is 1. The van der Waals surface area contributed by atoms with Gasteiger partial charge in [0.25, 0.3) is 0 Å². The molecule has 2 aliphatic rings. The summed E-state index contributed by atoms with van der Waals surface area (Å²) in [5.74, 6) is 1.92. The number of carbonyl (C=O) groups is 1. The second-order valence-corrected chi connectivity index (χ2v) is 5.97.